The van der Waals surface area contributed by atoms with Crippen LogP contribution in [0.3, 0.4) is 0 Å². The summed E-state index contributed by atoms with van der Waals surface area (Å²) in [5.41, 5.74) is 1.76. The Bertz CT molecular complexity index is 827. The Balaban J connectivity index is 1.32. The van der Waals surface area contributed by atoms with Gasteiger partial charge in [0.05, 0.1) is 13.2 Å². The van der Waals surface area contributed by atoms with Gasteiger partial charge >= 0.3 is 0 Å². The third-order valence-electron chi connectivity index (χ3n) is 5.47. The van der Waals surface area contributed by atoms with Crippen molar-refractivity contribution >= 4 is 11.7 Å². The van der Waals surface area contributed by atoms with Crippen molar-refractivity contribution in [3.63, 3.8) is 0 Å². The zero-order valence-electron chi connectivity index (χ0n) is 16.9. The number of nitrogens with zero attached hydrogens (tertiary/aromatic N) is 3. The second-order valence-electron chi connectivity index (χ2n) is 7.60. The van der Waals surface area contributed by atoms with Crippen LogP contribution >= 0.6 is 0 Å². The average Bonchev–Trinajstić information content (AvgIpc) is 3.19. The highest BCUT2D eigenvalue weighted by molar-refractivity contribution is 5.93. The lowest BCUT2D eigenvalue weighted by atomic mass is 10.0. The first-order valence-corrected chi connectivity index (χ1v) is 10.3. The summed E-state index contributed by atoms with van der Waals surface area (Å²) in [6.07, 6.45) is 3.40. The predicted molar refractivity (Wildman–Crippen MR) is 110 cm³/mol. The molecular weight excluding hydrogens is 368 g/mol. The third-order valence-corrected chi connectivity index (χ3v) is 5.47. The van der Waals surface area contributed by atoms with Crippen LogP contribution in [0.5, 0.6) is 0 Å². The second kappa shape index (κ2) is 8.88. The normalized spacial score (nSPS) is 18.2. The molecule has 29 heavy (non-hydrogen) atoms. The standard InChI is InChI=1S/C22H28N4O3/c1-17-24-19(21(27)26-12-9-22(10-13-26)28-14-15-29-22)16-20(25-17)23-11-5-8-18-6-3-2-4-7-18/h2-4,6-7,16H,5,8-15H2,1H3,(H,23,24,25). The smallest absolute Gasteiger partial charge is 0.272 e. The fourth-order valence-corrected chi connectivity index (χ4v) is 3.92. The van der Waals surface area contributed by atoms with E-state index in [1.54, 1.807) is 6.07 Å². The number of piperidine rings is 1. The first-order chi connectivity index (χ1) is 14.1. The number of benzene rings is 1. The Morgan fingerprint density at radius 3 is 2.59 bits per heavy atom. The summed E-state index contributed by atoms with van der Waals surface area (Å²) < 4.78 is 11.5. The molecule has 7 nitrogen and oxygen atoms in total. The molecule has 2 aromatic rings. The topological polar surface area (TPSA) is 76.6 Å². The molecule has 1 N–H and O–H groups in total. The SMILES string of the molecule is Cc1nc(NCCCc2ccccc2)cc(C(=O)N2CCC3(CC2)OCCO3)n1. The number of carbonyl (C=O) groups is 1. The Kier molecular flexibility index (Phi) is 6.06. The van der Waals surface area contributed by atoms with Crippen LogP contribution in [0, 0.1) is 6.92 Å². The molecule has 0 bridgehead atoms. The summed E-state index contributed by atoms with van der Waals surface area (Å²) in [5, 5.41) is 3.33. The maximum absolute atomic E-state index is 12.9. The van der Waals surface area contributed by atoms with Gasteiger partial charge in [0.15, 0.2) is 5.79 Å². The van der Waals surface area contributed by atoms with Crippen LogP contribution in [-0.4, -0.2) is 59.4 Å². The first-order valence-electron chi connectivity index (χ1n) is 10.3. The van der Waals surface area contributed by atoms with Crippen molar-refractivity contribution in [1.82, 2.24) is 14.9 Å². The summed E-state index contributed by atoms with van der Waals surface area (Å²) in [5.74, 6) is 0.752. The lowest BCUT2D eigenvalue weighted by Crippen LogP contribution is -2.47. The monoisotopic (exact) mass is 396 g/mol. The largest absolute Gasteiger partial charge is 0.370 e. The highest BCUT2D eigenvalue weighted by Crippen LogP contribution is 2.31. The summed E-state index contributed by atoms with van der Waals surface area (Å²) in [7, 11) is 0. The van der Waals surface area contributed by atoms with Crippen molar-refractivity contribution in [2.45, 2.75) is 38.4 Å². The number of likely N-dealkylation sites (tertiary alicyclic amines) is 1. The van der Waals surface area contributed by atoms with E-state index in [0.717, 1.165) is 19.4 Å². The molecule has 0 unspecified atom stereocenters. The van der Waals surface area contributed by atoms with E-state index in [-0.39, 0.29) is 5.91 Å². The molecule has 0 atom stereocenters. The minimum atomic E-state index is -0.482. The van der Waals surface area contributed by atoms with Crippen molar-refractivity contribution in [2.75, 3.05) is 38.2 Å². The van der Waals surface area contributed by atoms with Gasteiger partial charge in [0.2, 0.25) is 0 Å². The van der Waals surface area contributed by atoms with E-state index >= 15 is 0 Å². The van der Waals surface area contributed by atoms with Crippen LogP contribution in [0.25, 0.3) is 0 Å². The molecule has 1 aromatic heterocycles. The van der Waals surface area contributed by atoms with E-state index < -0.39 is 5.79 Å². The number of carbonyl (C=O) groups excluding carboxylic acids is 1. The van der Waals surface area contributed by atoms with E-state index in [1.807, 2.05) is 17.9 Å². The van der Waals surface area contributed by atoms with Gasteiger partial charge in [0, 0.05) is 38.5 Å². The van der Waals surface area contributed by atoms with Gasteiger partial charge in [-0.25, -0.2) is 9.97 Å². The second-order valence-corrected chi connectivity index (χ2v) is 7.60. The molecule has 0 radical (unpaired) electrons. The Morgan fingerprint density at radius 1 is 1.14 bits per heavy atom. The zero-order chi connectivity index (χ0) is 20.1. The highest BCUT2D eigenvalue weighted by atomic mass is 16.7. The summed E-state index contributed by atoms with van der Waals surface area (Å²) in [6, 6.07) is 12.2. The number of nitrogens with one attached hydrogen (secondary N) is 1. The van der Waals surface area contributed by atoms with Crippen molar-refractivity contribution in [2.24, 2.45) is 0 Å². The summed E-state index contributed by atoms with van der Waals surface area (Å²) in [6.45, 7) is 5.11. The highest BCUT2D eigenvalue weighted by Gasteiger charge is 2.41. The van der Waals surface area contributed by atoms with Crippen LogP contribution < -0.4 is 5.32 Å². The Hall–Kier alpha value is -2.51. The van der Waals surface area contributed by atoms with E-state index in [4.69, 9.17) is 9.47 Å². The Labute approximate surface area is 171 Å². The van der Waals surface area contributed by atoms with E-state index in [2.05, 4.69) is 39.6 Å². The number of ether oxygens (including phenoxy) is 2. The average molecular weight is 396 g/mol. The molecule has 0 aliphatic carbocycles. The van der Waals surface area contributed by atoms with Crippen molar-refractivity contribution in [3.8, 4) is 0 Å². The lowest BCUT2D eigenvalue weighted by molar-refractivity contribution is -0.181. The fraction of sp³-hybridized carbons (Fsp3) is 0.500. The molecule has 3 heterocycles. The summed E-state index contributed by atoms with van der Waals surface area (Å²) in [4.78, 5) is 23.6. The molecule has 4 rings (SSSR count). The Morgan fingerprint density at radius 2 is 1.86 bits per heavy atom. The van der Waals surface area contributed by atoms with Gasteiger partial charge in [-0.2, -0.15) is 0 Å². The van der Waals surface area contributed by atoms with Gasteiger partial charge in [-0.05, 0) is 25.3 Å². The van der Waals surface area contributed by atoms with Crippen LogP contribution in [0.1, 0.15) is 41.1 Å². The van der Waals surface area contributed by atoms with Gasteiger partial charge < -0.3 is 19.7 Å². The molecule has 154 valence electrons. The van der Waals surface area contributed by atoms with Crippen LogP contribution in [0.15, 0.2) is 36.4 Å². The molecule has 2 aliphatic heterocycles. The van der Waals surface area contributed by atoms with E-state index in [0.29, 0.717) is 56.5 Å². The van der Waals surface area contributed by atoms with Crippen LogP contribution in [-0.2, 0) is 15.9 Å². The van der Waals surface area contributed by atoms with Gasteiger partial charge in [0.25, 0.3) is 5.91 Å². The molecule has 7 heteroatoms. The maximum Gasteiger partial charge on any atom is 0.272 e. The minimum Gasteiger partial charge on any atom is -0.370 e. The molecule has 2 saturated heterocycles. The predicted octanol–water partition coefficient (Wildman–Crippen LogP) is 2.81. The number of anilines is 1. The quantitative estimate of drug-likeness (QED) is 0.757. The van der Waals surface area contributed by atoms with E-state index in [9.17, 15) is 4.79 Å². The molecular formula is C22H28N4O3. The van der Waals surface area contributed by atoms with Gasteiger partial charge in [0.1, 0.15) is 17.3 Å². The molecule has 1 aromatic carbocycles. The van der Waals surface area contributed by atoms with Crippen molar-refractivity contribution < 1.29 is 14.3 Å². The maximum atomic E-state index is 12.9. The van der Waals surface area contributed by atoms with Gasteiger partial charge in [-0.15, -0.1) is 0 Å². The zero-order valence-corrected chi connectivity index (χ0v) is 16.9. The van der Waals surface area contributed by atoms with Crippen LogP contribution in [0.2, 0.25) is 0 Å². The number of hydrogen-bond donors (Lipinski definition) is 1. The van der Waals surface area contributed by atoms with Gasteiger partial charge in [-0.3, -0.25) is 4.79 Å². The van der Waals surface area contributed by atoms with Crippen molar-refractivity contribution in [3.05, 3.63) is 53.5 Å². The van der Waals surface area contributed by atoms with E-state index in [1.165, 1.54) is 5.56 Å². The number of hydrogen-bond acceptors (Lipinski definition) is 6. The number of amides is 1. The molecule has 1 spiro atoms. The minimum absolute atomic E-state index is 0.0596. The fourth-order valence-electron chi connectivity index (χ4n) is 3.92. The molecule has 1 amide bonds. The number of rotatable bonds is 6. The molecule has 0 saturated carbocycles. The molecule has 2 aliphatic rings. The molecule has 2 fully saturated rings. The van der Waals surface area contributed by atoms with Crippen LogP contribution in [0.4, 0.5) is 5.82 Å². The first kappa shape index (κ1) is 19.8. The number of aryl methyl sites for hydroxylation is 2. The third kappa shape index (κ3) is 4.92. The lowest BCUT2D eigenvalue weighted by Gasteiger charge is -2.37. The van der Waals surface area contributed by atoms with Gasteiger partial charge in [-0.1, -0.05) is 30.3 Å². The number of aromatic nitrogens is 2. The summed E-state index contributed by atoms with van der Waals surface area (Å²) >= 11 is 0. The van der Waals surface area contributed by atoms with Crippen molar-refractivity contribution in [1.29, 1.82) is 0 Å².